The number of carboxylic acid groups (broad SMARTS) is 3. The van der Waals surface area contributed by atoms with E-state index in [1.165, 1.54) is 0 Å². The molecule has 5 aliphatic carbocycles. The van der Waals surface area contributed by atoms with Gasteiger partial charge in [-0.15, -0.1) is 0 Å². The van der Waals surface area contributed by atoms with Crippen LogP contribution in [0.1, 0.15) is 105 Å². The van der Waals surface area contributed by atoms with E-state index in [0.717, 1.165) is 12.8 Å². The van der Waals surface area contributed by atoms with Crippen molar-refractivity contribution < 1.29 is 104 Å². The van der Waals surface area contributed by atoms with E-state index < -0.39 is 145 Å². The standard InChI is InChI=1S/C47H74O21/c1-42(40(59)60)12-14-47(41(61)62)15-13-45(4)20(21(47)16-42)6-7-25-43(2)10-9-26(44(3,19-49)24(43)8-11-46(25,45)5)65-39-35(68-37-30(54)27(51)22(50)18-63-37)33(32(56)34(67-39)36(57)58)66-38-31(55)29(53)28(52)23(17-48)64-38/h20-35,37-39,48-56H,6-19H2,1-5H3,(H,57,58)(H,59,60)(H,61,62)/t20-,21?,22-,23-,24?,25-,26+,27+,28-,29+,30-,31-,32+,33+,34+,35-,37+,38+,39-,42+,43+,44?,45-,46-,47+/m1/s1. The van der Waals surface area contributed by atoms with Crippen molar-refractivity contribution >= 4 is 17.9 Å². The molecule has 0 radical (unpaired) electrons. The summed E-state index contributed by atoms with van der Waals surface area (Å²) in [5, 5.41) is 128. The third-order valence-corrected chi connectivity index (χ3v) is 20.0. The van der Waals surface area contributed by atoms with Crippen LogP contribution in [0, 0.1) is 56.2 Å². The van der Waals surface area contributed by atoms with Crippen LogP contribution in [0.5, 0.6) is 0 Å². The zero-order chi connectivity index (χ0) is 49.8. The predicted molar refractivity (Wildman–Crippen MR) is 229 cm³/mol. The number of carboxylic acids is 3. The van der Waals surface area contributed by atoms with Crippen LogP contribution in [0.2, 0.25) is 0 Å². The quantitative estimate of drug-likeness (QED) is 0.117. The molecule has 3 unspecified atom stereocenters. The summed E-state index contributed by atoms with van der Waals surface area (Å²) in [6.45, 7) is 8.74. The van der Waals surface area contributed by atoms with Crippen molar-refractivity contribution in [3.05, 3.63) is 0 Å². The van der Waals surface area contributed by atoms with Crippen LogP contribution in [0.15, 0.2) is 0 Å². The van der Waals surface area contributed by atoms with Crippen LogP contribution in [0.4, 0.5) is 0 Å². The number of hydrogen-bond donors (Lipinski definition) is 12. The second kappa shape index (κ2) is 18.4. The summed E-state index contributed by atoms with van der Waals surface area (Å²) in [4.78, 5) is 38.6. The molecular weight excluding hydrogens is 900 g/mol. The lowest BCUT2D eigenvalue weighted by Crippen LogP contribution is -2.69. The minimum absolute atomic E-state index is 0.0243. The molecule has 8 rings (SSSR count). The zero-order valence-electron chi connectivity index (χ0n) is 39.4. The van der Waals surface area contributed by atoms with E-state index in [2.05, 4.69) is 20.8 Å². The van der Waals surface area contributed by atoms with Crippen molar-refractivity contribution in [1.29, 1.82) is 0 Å². The van der Waals surface area contributed by atoms with Crippen molar-refractivity contribution in [2.45, 2.75) is 197 Å². The molecule has 0 aromatic heterocycles. The molecule has 68 heavy (non-hydrogen) atoms. The van der Waals surface area contributed by atoms with Gasteiger partial charge in [0.05, 0.1) is 36.8 Å². The largest absolute Gasteiger partial charge is 0.481 e. The molecule has 3 saturated heterocycles. The molecular formula is C47H74O21. The smallest absolute Gasteiger partial charge is 0.335 e. The molecule has 0 spiro atoms. The summed E-state index contributed by atoms with van der Waals surface area (Å²) in [6, 6.07) is 0. The molecule has 21 heteroatoms. The number of fused-ring (bicyclic) bond motifs is 7. The minimum atomic E-state index is -2.14. The van der Waals surface area contributed by atoms with E-state index in [0.29, 0.717) is 57.8 Å². The van der Waals surface area contributed by atoms with E-state index in [-0.39, 0.29) is 41.1 Å². The van der Waals surface area contributed by atoms with Gasteiger partial charge in [-0.05, 0) is 117 Å². The minimum Gasteiger partial charge on any atom is -0.481 e. The van der Waals surface area contributed by atoms with Gasteiger partial charge in [0.2, 0.25) is 0 Å². The Bertz CT molecular complexity index is 1890. The van der Waals surface area contributed by atoms with Gasteiger partial charge in [-0.3, -0.25) is 9.59 Å². The summed E-state index contributed by atoms with van der Waals surface area (Å²) in [5.41, 5.74) is -4.09. The molecule has 25 atom stereocenters. The van der Waals surface area contributed by atoms with Crippen LogP contribution in [-0.2, 0) is 42.8 Å². The zero-order valence-corrected chi connectivity index (χ0v) is 39.4. The highest BCUT2D eigenvalue weighted by Crippen LogP contribution is 2.77. The first kappa shape index (κ1) is 52.1. The average molecular weight is 975 g/mol. The fourth-order valence-electron chi connectivity index (χ4n) is 15.7. The van der Waals surface area contributed by atoms with E-state index in [1.54, 1.807) is 6.92 Å². The summed E-state index contributed by atoms with van der Waals surface area (Å²) >= 11 is 0. The summed E-state index contributed by atoms with van der Waals surface area (Å²) in [7, 11) is 0. The van der Waals surface area contributed by atoms with Gasteiger partial charge in [-0.2, -0.15) is 0 Å². The fourth-order valence-corrected chi connectivity index (χ4v) is 15.7. The molecule has 8 aliphatic rings. The average Bonchev–Trinajstić information content (AvgIpc) is 3.29. The van der Waals surface area contributed by atoms with Gasteiger partial charge in [0.15, 0.2) is 25.0 Å². The highest BCUT2D eigenvalue weighted by atomic mass is 16.8. The maximum absolute atomic E-state index is 13.2. The number of aliphatic hydroxyl groups excluding tert-OH is 9. The van der Waals surface area contributed by atoms with Gasteiger partial charge in [0, 0.05) is 5.41 Å². The molecule has 0 bridgehead atoms. The first-order chi connectivity index (χ1) is 31.8. The molecule has 5 saturated carbocycles. The number of aliphatic hydroxyl groups is 9. The predicted octanol–water partition coefficient (Wildman–Crippen LogP) is -0.445. The molecule has 0 aromatic rings. The van der Waals surface area contributed by atoms with Crippen molar-refractivity contribution in [2.75, 3.05) is 19.8 Å². The molecule has 3 heterocycles. The molecule has 0 aromatic carbocycles. The van der Waals surface area contributed by atoms with Gasteiger partial charge in [-0.25, -0.2) is 4.79 Å². The maximum atomic E-state index is 13.2. The van der Waals surface area contributed by atoms with Gasteiger partial charge in [-0.1, -0.05) is 27.7 Å². The van der Waals surface area contributed by atoms with E-state index in [1.807, 2.05) is 6.92 Å². The normalized spacial score (nSPS) is 54.9. The first-order valence-corrected chi connectivity index (χ1v) is 24.4. The lowest BCUT2D eigenvalue weighted by molar-refractivity contribution is -0.392. The van der Waals surface area contributed by atoms with Gasteiger partial charge in [0.25, 0.3) is 0 Å². The highest BCUT2D eigenvalue weighted by Gasteiger charge is 2.72. The SMILES string of the molecule is CC1(CO)C2CC[C@]3(C)[C@H](CC[C@@H]4C5C[C@@](C)(C(=O)O)CC[C@]5(C(=O)O)CC[C@]43C)[C@@]2(C)CC[C@@H]1O[C@@H]1O[C@H](C(=O)O)[C@@H](O)[C@H](O[C@@H]2O[C@H](CO)[C@@H](O)[C@H](O)[C@H]2O)[C@H]1O[C@@H]1OC[C@@H](O)[C@H](O)[C@H]1O. The van der Waals surface area contributed by atoms with Crippen molar-refractivity contribution in [2.24, 2.45) is 56.2 Å². The van der Waals surface area contributed by atoms with E-state index >= 15 is 0 Å². The van der Waals surface area contributed by atoms with Crippen LogP contribution >= 0.6 is 0 Å². The Morgan fingerprint density at radius 3 is 1.88 bits per heavy atom. The first-order valence-electron chi connectivity index (χ1n) is 24.4. The van der Waals surface area contributed by atoms with Gasteiger partial charge >= 0.3 is 17.9 Å². The van der Waals surface area contributed by atoms with Crippen molar-refractivity contribution in [1.82, 2.24) is 0 Å². The molecule has 0 amide bonds. The fraction of sp³-hybridized carbons (Fsp3) is 0.936. The second-order valence-electron chi connectivity index (χ2n) is 23.0. The third-order valence-electron chi connectivity index (χ3n) is 20.0. The van der Waals surface area contributed by atoms with Crippen LogP contribution < -0.4 is 0 Å². The summed E-state index contributed by atoms with van der Waals surface area (Å²) in [5.74, 6) is -3.85. The number of ether oxygens (including phenoxy) is 6. The second-order valence-corrected chi connectivity index (χ2v) is 23.0. The topological polar surface area (TPSA) is 349 Å². The molecule has 8 fully saturated rings. The Morgan fingerprint density at radius 1 is 0.588 bits per heavy atom. The Kier molecular flexibility index (Phi) is 14.1. The third kappa shape index (κ3) is 7.87. The molecule has 21 nitrogen and oxygen atoms in total. The molecule has 388 valence electrons. The Labute approximate surface area is 394 Å². The Morgan fingerprint density at radius 2 is 1.25 bits per heavy atom. The van der Waals surface area contributed by atoms with Crippen LogP contribution in [-0.4, -0.2) is 191 Å². The monoisotopic (exact) mass is 974 g/mol. The summed E-state index contributed by atoms with van der Waals surface area (Å²) in [6.07, 6.45) is -21.0. The van der Waals surface area contributed by atoms with E-state index in [9.17, 15) is 75.7 Å². The number of rotatable bonds is 11. The van der Waals surface area contributed by atoms with Crippen LogP contribution in [0.25, 0.3) is 0 Å². The lowest BCUT2D eigenvalue weighted by atomic mass is 9.31. The maximum Gasteiger partial charge on any atom is 0.335 e. The lowest BCUT2D eigenvalue weighted by Gasteiger charge is -2.73. The van der Waals surface area contributed by atoms with Crippen molar-refractivity contribution in [3.63, 3.8) is 0 Å². The number of hydrogen-bond acceptors (Lipinski definition) is 18. The Hall–Kier alpha value is -2.19. The Balaban J connectivity index is 1.10. The van der Waals surface area contributed by atoms with Crippen LogP contribution in [0.3, 0.4) is 0 Å². The highest BCUT2D eigenvalue weighted by molar-refractivity contribution is 5.78. The van der Waals surface area contributed by atoms with Gasteiger partial charge in [0.1, 0.15) is 61.0 Å². The molecule has 3 aliphatic heterocycles. The number of carbonyl (C=O) groups is 3. The number of aliphatic carboxylic acids is 3. The molecule has 12 N–H and O–H groups in total. The van der Waals surface area contributed by atoms with Gasteiger partial charge < -0.3 is 89.7 Å². The van der Waals surface area contributed by atoms with Crippen molar-refractivity contribution in [3.8, 4) is 0 Å². The summed E-state index contributed by atoms with van der Waals surface area (Å²) < 4.78 is 36.0. The van der Waals surface area contributed by atoms with E-state index in [4.69, 9.17) is 28.4 Å².